The molecule has 0 heterocycles. The first-order valence-electron chi connectivity index (χ1n) is 11.9. The van der Waals surface area contributed by atoms with E-state index < -0.39 is 59.7 Å². The summed E-state index contributed by atoms with van der Waals surface area (Å²) < 4.78 is 0. The molecule has 0 aromatic carbocycles. The Morgan fingerprint density at radius 3 is 1.67 bits per heavy atom. The summed E-state index contributed by atoms with van der Waals surface area (Å²) in [7, 11) is 0. The summed E-state index contributed by atoms with van der Waals surface area (Å²) >= 11 is 0. The Hall–Kier alpha value is -3.26. The standard InChI is InChI=1S/C22H41N7O7/c1-12(2)11-16(29-19(32)13(24)5-3-4-10-23)21(34)27-14(6-8-17(25)30)20(33)28-15(22(35)36)7-9-18(26)31/h12-16H,3-11,23-24H2,1-2H3,(H2,25,30)(H2,26,31)(H,27,34)(H,28,33)(H,29,32)(H,35,36). The van der Waals surface area contributed by atoms with Gasteiger partial charge in [0, 0.05) is 12.8 Å². The summed E-state index contributed by atoms with van der Waals surface area (Å²) in [6.07, 6.45) is 0.912. The maximum atomic E-state index is 13.0. The van der Waals surface area contributed by atoms with Gasteiger partial charge in [0.25, 0.3) is 0 Å². The number of hydrogen-bond acceptors (Lipinski definition) is 8. The zero-order valence-corrected chi connectivity index (χ0v) is 21.0. The molecule has 206 valence electrons. The van der Waals surface area contributed by atoms with Crippen molar-refractivity contribution in [3.8, 4) is 0 Å². The molecular formula is C22H41N7O7. The Labute approximate surface area is 210 Å². The molecule has 0 spiro atoms. The molecule has 12 N–H and O–H groups in total. The highest BCUT2D eigenvalue weighted by Gasteiger charge is 2.31. The second-order valence-electron chi connectivity index (χ2n) is 9.05. The molecule has 14 heteroatoms. The topological polar surface area (TPSA) is 263 Å². The Morgan fingerprint density at radius 2 is 1.19 bits per heavy atom. The number of rotatable bonds is 19. The Bertz CT molecular complexity index is 776. The van der Waals surface area contributed by atoms with Crippen LogP contribution in [0, 0.1) is 5.92 Å². The van der Waals surface area contributed by atoms with E-state index in [1.54, 1.807) is 0 Å². The highest BCUT2D eigenvalue weighted by Crippen LogP contribution is 2.09. The van der Waals surface area contributed by atoms with Crippen LogP contribution in [0.4, 0.5) is 0 Å². The van der Waals surface area contributed by atoms with Crippen molar-refractivity contribution in [2.24, 2.45) is 28.9 Å². The number of unbranched alkanes of at least 4 members (excludes halogenated alkanes) is 1. The lowest BCUT2D eigenvalue weighted by atomic mass is 10.0. The largest absolute Gasteiger partial charge is 0.480 e. The average Bonchev–Trinajstić information content (AvgIpc) is 2.77. The number of amides is 5. The number of carboxylic acids is 1. The van der Waals surface area contributed by atoms with Gasteiger partial charge in [-0.05, 0) is 44.6 Å². The SMILES string of the molecule is CC(C)CC(NC(=O)C(N)CCCCN)C(=O)NC(CCC(N)=O)C(=O)NC(CCC(N)=O)C(=O)O. The number of nitrogens with one attached hydrogen (secondary N) is 3. The van der Waals surface area contributed by atoms with Crippen LogP contribution in [-0.2, 0) is 28.8 Å². The third kappa shape index (κ3) is 14.2. The van der Waals surface area contributed by atoms with E-state index in [4.69, 9.17) is 22.9 Å². The molecule has 0 radical (unpaired) electrons. The second-order valence-corrected chi connectivity index (χ2v) is 9.05. The van der Waals surface area contributed by atoms with Gasteiger partial charge in [0.2, 0.25) is 29.5 Å². The van der Waals surface area contributed by atoms with Crippen molar-refractivity contribution in [1.29, 1.82) is 0 Å². The Kier molecular flexibility index (Phi) is 15.7. The van der Waals surface area contributed by atoms with E-state index in [1.165, 1.54) is 0 Å². The van der Waals surface area contributed by atoms with Crippen LogP contribution in [0.25, 0.3) is 0 Å². The van der Waals surface area contributed by atoms with Crippen LogP contribution in [0.15, 0.2) is 0 Å². The molecule has 0 bridgehead atoms. The van der Waals surface area contributed by atoms with Gasteiger partial charge < -0.3 is 44.0 Å². The van der Waals surface area contributed by atoms with Gasteiger partial charge in [-0.1, -0.05) is 20.3 Å². The van der Waals surface area contributed by atoms with Crippen molar-refractivity contribution in [2.45, 2.75) is 89.4 Å². The molecule has 0 rings (SSSR count). The van der Waals surface area contributed by atoms with E-state index in [-0.39, 0.29) is 38.0 Å². The van der Waals surface area contributed by atoms with Crippen molar-refractivity contribution < 1.29 is 33.9 Å². The minimum absolute atomic E-state index is 0.0161. The molecule has 5 amide bonds. The van der Waals surface area contributed by atoms with Gasteiger partial charge in [-0.25, -0.2) is 4.79 Å². The van der Waals surface area contributed by atoms with Crippen LogP contribution in [0.1, 0.15) is 65.2 Å². The lowest BCUT2D eigenvalue weighted by Crippen LogP contribution is -2.57. The van der Waals surface area contributed by atoms with E-state index in [2.05, 4.69) is 16.0 Å². The maximum absolute atomic E-state index is 13.0. The highest BCUT2D eigenvalue weighted by atomic mass is 16.4. The molecule has 4 atom stereocenters. The number of nitrogens with two attached hydrogens (primary N) is 4. The molecule has 0 aliphatic heterocycles. The number of carboxylic acid groups (broad SMARTS) is 1. The fraction of sp³-hybridized carbons (Fsp3) is 0.727. The number of primary amides is 2. The summed E-state index contributed by atoms with van der Waals surface area (Å²) in [4.78, 5) is 72.1. The predicted octanol–water partition coefficient (Wildman–Crippen LogP) is -2.44. The number of carbonyl (C=O) groups is 6. The highest BCUT2D eigenvalue weighted by molar-refractivity contribution is 5.94. The molecular weight excluding hydrogens is 474 g/mol. The molecule has 0 aromatic rings. The second kappa shape index (κ2) is 17.2. The summed E-state index contributed by atoms with van der Waals surface area (Å²) in [5.74, 6) is -5.04. The van der Waals surface area contributed by atoms with E-state index in [9.17, 15) is 33.9 Å². The normalized spacial score (nSPS) is 14.2. The van der Waals surface area contributed by atoms with Crippen LogP contribution in [0.3, 0.4) is 0 Å². The minimum atomic E-state index is -1.45. The first kappa shape index (κ1) is 32.7. The fourth-order valence-corrected chi connectivity index (χ4v) is 3.27. The monoisotopic (exact) mass is 515 g/mol. The van der Waals surface area contributed by atoms with E-state index in [0.717, 1.165) is 0 Å². The van der Waals surface area contributed by atoms with Crippen LogP contribution in [0.2, 0.25) is 0 Å². The number of hydrogen-bond donors (Lipinski definition) is 8. The van der Waals surface area contributed by atoms with E-state index in [0.29, 0.717) is 25.8 Å². The lowest BCUT2D eigenvalue weighted by molar-refractivity contribution is -0.142. The van der Waals surface area contributed by atoms with Crippen LogP contribution < -0.4 is 38.9 Å². The molecule has 0 aliphatic rings. The lowest BCUT2D eigenvalue weighted by Gasteiger charge is -2.26. The van der Waals surface area contributed by atoms with Crippen molar-refractivity contribution >= 4 is 35.5 Å². The smallest absolute Gasteiger partial charge is 0.326 e. The Morgan fingerprint density at radius 1 is 0.722 bits per heavy atom. The van der Waals surface area contributed by atoms with E-state index in [1.807, 2.05) is 13.8 Å². The molecule has 0 aliphatic carbocycles. The average molecular weight is 516 g/mol. The Balaban J connectivity index is 5.52. The number of carbonyl (C=O) groups excluding carboxylic acids is 5. The summed E-state index contributed by atoms with van der Waals surface area (Å²) in [6.45, 7) is 4.13. The van der Waals surface area contributed by atoms with E-state index >= 15 is 0 Å². The quantitative estimate of drug-likeness (QED) is 0.0848. The summed E-state index contributed by atoms with van der Waals surface area (Å²) in [5.41, 5.74) is 21.6. The van der Waals surface area contributed by atoms with Crippen molar-refractivity contribution in [2.75, 3.05) is 6.54 Å². The van der Waals surface area contributed by atoms with Crippen LogP contribution in [0.5, 0.6) is 0 Å². The molecule has 0 aromatic heterocycles. The van der Waals surface area contributed by atoms with Gasteiger partial charge in [-0.15, -0.1) is 0 Å². The number of aliphatic carboxylic acids is 1. The van der Waals surface area contributed by atoms with Gasteiger partial charge in [0.1, 0.15) is 18.1 Å². The van der Waals surface area contributed by atoms with Crippen LogP contribution in [-0.4, -0.2) is 71.3 Å². The molecule has 4 unspecified atom stereocenters. The van der Waals surface area contributed by atoms with Crippen molar-refractivity contribution in [1.82, 2.24) is 16.0 Å². The van der Waals surface area contributed by atoms with Gasteiger partial charge in [0.05, 0.1) is 6.04 Å². The van der Waals surface area contributed by atoms with Crippen molar-refractivity contribution in [3.63, 3.8) is 0 Å². The van der Waals surface area contributed by atoms with Gasteiger partial charge >= 0.3 is 5.97 Å². The first-order valence-corrected chi connectivity index (χ1v) is 11.9. The third-order valence-corrected chi connectivity index (χ3v) is 5.25. The van der Waals surface area contributed by atoms with Gasteiger partial charge in [-0.3, -0.25) is 24.0 Å². The zero-order chi connectivity index (χ0) is 27.8. The zero-order valence-electron chi connectivity index (χ0n) is 21.0. The van der Waals surface area contributed by atoms with Gasteiger partial charge in [0.15, 0.2) is 0 Å². The first-order chi connectivity index (χ1) is 16.8. The van der Waals surface area contributed by atoms with Gasteiger partial charge in [-0.2, -0.15) is 0 Å². The molecule has 0 saturated carbocycles. The predicted molar refractivity (Wildman–Crippen MR) is 131 cm³/mol. The minimum Gasteiger partial charge on any atom is -0.480 e. The van der Waals surface area contributed by atoms with Crippen molar-refractivity contribution in [3.05, 3.63) is 0 Å². The summed E-state index contributed by atoms with van der Waals surface area (Å²) in [6, 6.07) is -4.66. The molecule has 36 heavy (non-hydrogen) atoms. The molecule has 0 fully saturated rings. The molecule has 14 nitrogen and oxygen atoms in total. The maximum Gasteiger partial charge on any atom is 0.326 e. The molecule has 0 saturated heterocycles. The third-order valence-electron chi connectivity index (χ3n) is 5.25. The van der Waals surface area contributed by atoms with Crippen LogP contribution >= 0.6 is 0 Å². The fourth-order valence-electron chi connectivity index (χ4n) is 3.27. The summed E-state index contributed by atoms with van der Waals surface area (Å²) in [5, 5.41) is 16.6.